The number of benzene rings is 2. The van der Waals surface area contributed by atoms with Gasteiger partial charge in [-0.2, -0.15) is 12.6 Å². The second-order valence-electron chi connectivity index (χ2n) is 6.66. The molecule has 0 aliphatic heterocycles. The van der Waals surface area contributed by atoms with Gasteiger partial charge < -0.3 is 4.74 Å². The fraction of sp³-hybridized carbons (Fsp3) is 0.391. The van der Waals surface area contributed by atoms with Gasteiger partial charge in [0.1, 0.15) is 5.75 Å². The summed E-state index contributed by atoms with van der Waals surface area (Å²) in [6.45, 7) is 2.17. The maximum Gasteiger partial charge on any atom is 0.311 e. The molecule has 0 heterocycles. The quantitative estimate of drug-likeness (QED) is 0.179. The highest BCUT2D eigenvalue weighted by molar-refractivity contribution is 7.80. The normalized spacial score (nSPS) is 10.6. The zero-order valence-electron chi connectivity index (χ0n) is 15.9. The first-order valence-corrected chi connectivity index (χ1v) is 10.3. The molecule has 2 aromatic rings. The highest BCUT2D eigenvalue weighted by atomic mass is 32.1. The summed E-state index contributed by atoms with van der Waals surface area (Å²) >= 11 is 4.15. The zero-order chi connectivity index (χ0) is 19.5. The maximum absolute atomic E-state index is 12.6. The number of ketones is 1. The minimum Gasteiger partial charge on any atom is -0.427 e. The van der Waals surface area contributed by atoms with E-state index >= 15 is 0 Å². The van der Waals surface area contributed by atoms with E-state index in [0.717, 1.165) is 44.3 Å². The molecule has 2 rings (SSSR count). The SMILES string of the molecule is CCCCc1ccc(C(=O)c2ccc(OC(=O)CCCCCS)cc2)cc1. The van der Waals surface area contributed by atoms with E-state index in [1.807, 2.05) is 24.3 Å². The fourth-order valence-electron chi connectivity index (χ4n) is 2.79. The molecule has 0 spiro atoms. The molecule has 0 unspecified atom stereocenters. The van der Waals surface area contributed by atoms with E-state index < -0.39 is 0 Å². The molecule has 4 heteroatoms. The second kappa shape index (κ2) is 11.6. The van der Waals surface area contributed by atoms with Crippen molar-refractivity contribution in [2.75, 3.05) is 5.75 Å². The topological polar surface area (TPSA) is 43.4 Å². The minimum absolute atomic E-state index is 0.0262. The number of rotatable bonds is 11. The number of hydrogen-bond acceptors (Lipinski definition) is 4. The van der Waals surface area contributed by atoms with E-state index in [1.165, 1.54) is 5.56 Å². The van der Waals surface area contributed by atoms with Gasteiger partial charge >= 0.3 is 5.97 Å². The first kappa shape index (κ1) is 21.2. The molecule has 0 N–H and O–H groups in total. The fourth-order valence-corrected chi connectivity index (χ4v) is 3.01. The molecular weight excluding hydrogens is 356 g/mol. The highest BCUT2D eigenvalue weighted by Gasteiger charge is 2.10. The summed E-state index contributed by atoms with van der Waals surface area (Å²) in [4.78, 5) is 24.4. The third kappa shape index (κ3) is 7.22. The molecule has 0 saturated carbocycles. The molecule has 0 aliphatic carbocycles. The Morgan fingerprint density at radius 2 is 1.48 bits per heavy atom. The number of hydrogen-bond donors (Lipinski definition) is 1. The molecular formula is C23H28O3S. The van der Waals surface area contributed by atoms with Crippen molar-refractivity contribution in [3.05, 3.63) is 65.2 Å². The summed E-state index contributed by atoms with van der Waals surface area (Å²) in [6.07, 6.45) is 6.55. The summed E-state index contributed by atoms with van der Waals surface area (Å²) in [5.74, 6) is 1.05. The Morgan fingerprint density at radius 1 is 0.852 bits per heavy atom. The molecule has 0 bridgehead atoms. The average molecular weight is 385 g/mol. The van der Waals surface area contributed by atoms with Gasteiger partial charge in [0.15, 0.2) is 5.78 Å². The van der Waals surface area contributed by atoms with Crippen LogP contribution in [0, 0.1) is 0 Å². The third-order valence-corrected chi connectivity index (χ3v) is 4.74. The Kier molecular flexibility index (Phi) is 9.12. The van der Waals surface area contributed by atoms with Crippen LogP contribution >= 0.6 is 12.6 Å². The summed E-state index contributed by atoms with van der Waals surface area (Å²) in [5, 5.41) is 0. The maximum atomic E-state index is 12.6. The second-order valence-corrected chi connectivity index (χ2v) is 7.11. The number of esters is 1. The van der Waals surface area contributed by atoms with Crippen LogP contribution in [0.2, 0.25) is 0 Å². The molecule has 0 atom stereocenters. The van der Waals surface area contributed by atoms with E-state index in [0.29, 0.717) is 23.3 Å². The molecule has 0 fully saturated rings. The van der Waals surface area contributed by atoms with E-state index in [1.54, 1.807) is 24.3 Å². The molecule has 0 aliphatic rings. The van der Waals surface area contributed by atoms with E-state index in [4.69, 9.17) is 4.74 Å². The van der Waals surface area contributed by atoms with Crippen LogP contribution in [0.3, 0.4) is 0 Å². The Hall–Kier alpha value is -2.07. The Labute approximate surface area is 167 Å². The standard InChI is InChI=1S/C23H28O3S/c1-2-3-7-18-9-11-19(12-10-18)23(25)20-13-15-21(16-14-20)26-22(24)8-5-4-6-17-27/h9-16,27H,2-8,17H2,1H3. The van der Waals surface area contributed by atoms with Gasteiger partial charge in [0.2, 0.25) is 0 Å². The van der Waals surface area contributed by atoms with Gasteiger partial charge in [0.05, 0.1) is 0 Å². The summed E-state index contributed by atoms with van der Waals surface area (Å²) < 4.78 is 5.32. The molecule has 0 aromatic heterocycles. The lowest BCUT2D eigenvalue weighted by atomic mass is 10.0. The van der Waals surface area contributed by atoms with Crippen LogP contribution in [-0.2, 0) is 11.2 Å². The lowest BCUT2D eigenvalue weighted by molar-refractivity contribution is -0.134. The van der Waals surface area contributed by atoms with Crippen molar-refractivity contribution in [2.45, 2.75) is 51.9 Å². The van der Waals surface area contributed by atoms with Gasteiger partial charge in [-0.3, -0.25) is 9.59 Å². The first-order chi connectivity index (χ1) is 13.1. The van der Waals surface area contributed by atoms with E-state index in [9.17, 15) is 9.59 Å². The number of carbonyl (C=O) groups excluding carboxylic acids is 2. The summed E-state index contributed by atoms with van der Waals surface area (Å²) in [6, 6.07) is 14.6. The van der Waals surface area contributed by atoms with Gasteiger partial charge in [-0.25, -0.2) is 0 Å². The van der Waals surface area contributed by atoms with Crippen molar-refractivity contribution < 1.29 is 14.3 Å². The molecule has 0 saturated heterocycles. The van der Waals surface area contributed by atoms with Gasteiger partial charge in [-0.15, -0.1) is 0 Å². The van der Waals surface area contributed by atoms with Gasteiger partial charge in [-0.05, 0) is 61.3 Å². The lowest BCUT2D eigenvalue weighted by Gasteiger charge is -2.06. The van der Waals surface area contributed by atoms with Crippen LogP contribution in [0.25, 0.3) is 0 Å². The van der Waals surface area contributed by atoms with Crippen molar-refractivity contribution in [3.8, 4) is 5.75 Å². The first-order valence-electron chi connectivity index (χ1n) is 9.69. The summed E-state index contributed by atoms with van der Waals surface area (Å²) in [5.41, 5.74) is 2.51. The van der Waals surface area contributed by atoms with Crippen LogP contribution < -0.4 is 4.74 Å². The van der Waals surface area contributed by atoms with Gasteiger partial charge in [0, 0.05) is 17.5 Å². The average Bonchev–Trinajstić information content (AvgIpc) is 2.70. The van der Waals surface area contributed by atoms with E-state index in [2.05, 4.69) is 19.6 Å². The number of carbonyl (C=O) groups is 2. The monoisotopic (exact) mass is 384 g/mol. The minimum atomic E-state index is -0.240. The van der Waals surface area contributed by atoms with Crippen LogP contribution in [0.15, 0.2) is 48.5 Å². The lowest BCUT2D eigenvalue weighted by Crippen LogP contribution is -2.08. The molecule has 0 amide bonds. The number of thiol groups is 1. The highest BCUT2D eigenvalue weighted by Crippen LogP contribution is 2.17. The van der Waals surface area contributed by atoms with Crippen LogP contribution in [0.4, 0.5) is 0 Å². The summed E-state index contributed by atoms with van der Waals surface area (Å²) in [7, 11) is 0. The molecule has 144 valence electrons. The smallest absolute Gasteiger partial charge is 0.311 e. The predicted octanol–water partition coefficient (Wildman–Crippen LogP) is 5.66. The molecule has 2 aromatic carbocycles. The van der Waals surface area contributed by atoms with Crippen LogP contribution in [-0.4, -0.2) is 17.5 Å². The molecule has 27 heavy (non-hydrogen) atoms. The number of aryl methyl sites for hydroxylation is 1. The Balaban J connectivity index is 1.90. The number of unbranched alkanes of at least 4 members (excludes halogenated alkanes) is 3. The Morgan fingerprint density at radius 3 is 2.07 bits per heavy atom. The number of ether oxygens (including phenoxy) is 1. The third-order valence-electron chi connectivity index (χ3n) is 4.42. The zero-order valence-corrected chi connectivity index (χ0v) is 16.8. The van der Waals surface area contributed by atoms with Crippen molar-refractivity contribution >= 4 is 24.4 Å². The van der Waals surface area contributed by atoms with Gasteiger partial charge in [-0.1, -0.05) is 44.0 Å². The van der Waals surface area contributed by atoms with Crippen molar-refractivity contribution in [1.82, 2.24) is 0 Å². The van der Waals surface area contributed by atoms with Crippen molar-refractivity contribution in [2.24, 2.45) is 0 Å². The predicted molar refractivity (Wildman–Crippen MR) is 113 cm³/mol. The van der Waals surface area contributed by atoms with Crippen LogP contribution in [0.1, 0.15) is 66.9 Å². The van der Waals surface area contributed by atoms with Crippen LogP contribution in [0.5, 0.6) is 5.75 Å². The Bertz CT molecular complexity index is 720. The van der Waals surface area contributed by atoms with Gasteiger partial charge in [0.25, 0.3) is 0 Å². The largest absolute Gasteiger partial charge is 0.427 e. The van der Waals surface area contributed by atoms with Crippen molar-refractivity contribution in [1.29, 1.82) is 0 Å². The molecule has 3 nitrogen and oxygen atoms in total. The van der Waals surface area contributed by atoms with E-state index in [-0.39, 0.29) is 11.8 Å². The van der Waals surface area contributed by atoms with Crippen molar-refractivity contribution in [3.63, 3.8) is 0 Å². The molecule has 0 radical (unpaired) electrons.